The maximum atomic E-state index is 2.45. The second-order valence-corrected chi connectivity index (χ2v) is 16.4. The van der Waals surface area contributed by atoms with Crippen molar-refractivity contribution in [2.75, 3.05) is 4.90 Å². The number of thiophene rings is 1. The van der Waals surface area contributed by atoms with Crippen molar-refractivity contribution in [2.24, 2.45) is 0 Å². The van der Waals surface area contributed by atoms with Crippen molar-refractivity contribution in [2.45, 2.75) is 19.3 Å². The van der Waals surface area contributed by atoms with E-state index in [0.717, 1.165) is 11.4 Å². The zero-order valence-corrected chi connectivity index (χ0v) is 31.6. The first kappa shape index (κ1) is 32.0. The maximum Gasteiger partial charge on any atom is 0.0543 e. The van der Waals surface area contributed by atoms with Gasteiger partial charge in [-0.05, 0) is 109 Å². The number of hydrogen-bond donors (Lipinski definition) is 0. The summed E-state index contributed by atoms with van der Waals surface area (Å²) in [6, 6.07) is 69.6. The van der Waals surface area contributed by atoms with Crippen LogP contribution in [0.25, 0.3) is 75.1 Å². The Kier molecular flexibility index (Phi) is 7.14. The molecule has 1 aliphatic carbocycles. The smallest absolute Gasteiger partial charge is 0.0543 e. The summed E-state index contributed by atoms with van der Waals surface area (Å²) in [6.45, 7) is 4.71. The average molecular weight is 720 g/mol. The molecule has 11 rings (SSSR count). The van der Waals surface area contributed by atoms with Gasteiger partial charge in [0.1, 0.15) is 0 Å². The number of hydrogen-bond acceptors (Lipinski definition) is 2. The van der Waals surface area contributed by atoms with Crippen LogP contribution < -0.4 is 4.90 Å². The third kappa shape index (κ3) is 5.06. The van der Waals surface area contributed by atoms with Crippen LogP contribution in [0.3, 0.4) is 0 Å². The van der Waals surface area contributed by atoms with Crippen molar-refractivity contribution in [3.05, 3.63) is 199 Å². The molecule has 0 radical (unpaired) electrons. The Morgan fingerprint density at radius 3 is 1.80 bits per heavy atom. The van der Waals surface area contributed by atoms with Gasteiger partial charge in [0.25, 0.3) is 0 Å². The quantitative estimate of drug-likeness (QED) is 0.171. The topological polar surface area (TPSA) is 3.24 Å². The Hall–Kier alpha value is -6.48. The van der Waals surface area contributed by atoms with Crippen molar-refractivity contribution < 1.29 is 0 Å². The van der Waals surface area contributed by atoms with E-state index in [9.17, 15) is 0 Å². The molecule has 55 heavy (non-hydrogen) atoms. The molecule has 0 spiro atoms. The SMILES string of the molecule is CC1(C)c2ccccc2-c2c(N(c3ccc(-c4ccc5ccccc5c4)cc3)c3ccc(-c4ccc5sc6c7ccccc7ccc6c5c4)cc3)cccc21. The van der Waals surface area contributed by atoms with Gasteiger partial charge in [-0.2, -0.15) is 0 Å². The number of rotatable bonds is 5. The first-order valence-electron chi connectivity index (χ1n) is 19.1. The molecule has 0 bridgehead atoms. The van der Waals surface area contributed by atoms with Crippen LogP contribution in [0.4, 0.5) is 17.1 Å². The van der Waals surface area contributed by atoms with Gasteiger partial charge in [-0.15, -0.1) is 11.3 Å². The van der Waals surface area contributed by atoms with Crippen molar-refractivity contribution in [1.82, 2.24) is 0 Å². The van der Waals surface area contributed by atoms with Gasteiger partial charge >= 0.3 is 0 Å². The van der Waals surface area contributed by atoms with Gasteiger partial charge in [-0.25, -0.2) is 0 Å². The van der Waals surface area contributed by atoms with Crippen LogP contribution in [-0.2, 0) is 5.41 Å². The Balaban J connectivity index is 1.03. The molecule has 260 valence electrons. The van der Waals surface area contributed by atoms with E-state index >= 15 is 0 Å². The van der Waals surface area contributed by atoms with Crippen molar-refractivity contribution in [1.29, 1.82) is 0 Å². The molecule has 1 heterocycles. The largest absolute Gasteiger partial charge is 0.310 e. The lowest BCUT2D eigenvalue weighted by Crippen LogP contribution is -2.16. The van der Waals surface area contributed by atoms with Crippen molar-refractivity contribution in [3.8, 4) is 33.4 Å². The second-order valence-electron chi connectivity index (χ2n) is 15.3. The molecule has 10 aromatic rings. The molecule has 0 unspecified atom stereocenters. The molecule has 0 saturated heterocycles. The van der Waals surface area contributed by atoms with Gasteiger partial charge in [0.05, 0.1) is 5.69 Å². The van der Waals surface area contributed by atoms with Crippen LogP contribution in [0.15, 0.2) is 188 Å². The monoisotopic (exact) mass is 719 g/mol. The normalized spacial score (nSPS) is 13.1. The fraction of sp³-hybridized carbons (Fsp3) is 0.0566. The summed E-state index contributed by atoms with van der Waals surface area (Å²) in [6.07, 6.45) is 0. The van der Waals surface area contributed by atoms with Gasteiger partial charge in [-0.1, -0.05) is 153 Å². The second kappa shape index (κ2) is 12.3. The molecule has 1 aliphatic rings. The van der Waals surface area contributed by atoms with Crippen LogP contribution in [-0.4, -0.2) is 0 Å². The lowest BCUT2D eigenvalue weighted by molar-refractivity contribution is 0.660. The molecular formula is C53H37NS. The Morgan fingerprint density at radius 1 is 0.418 bits per heavy atom. The zero-order chi connectivity index (χ0) is 36.7. The van der Waals surface area contributed by atoms with Crippen molar-refractivity contribution >= 4 is 70.1 Å². The Morgan fingerprint density at radius 2 is 1.02 bits per heavy atom. The number of anilines is 3. The summed E-state index contributed by atoms with van der Waals surface area (Å²) in [7, 11) is 0. The van der Waals surface area contributed by atoms with Crippen LogP contribution in [0.5, 0.6) is 0 Å². The zero-order valence-electron chi connectivity index (χ0n) is 30.8. The number of benzene rings is 9. The molecule has 0 N–H and O–H groups in total. The molecule has 0 amide bonds. The predicted molar refractivity (Wildman–Crippen MR) is 237 cm³/mol. The first-order chi connectivity index (χ1) is 27.0. The van der Waals surface area contributed by atoms with E-state index in [0.29, 0.717) is 0 Å². The average Bonchev–Trinajstić information content (AvgIpc) is 3.73. The van der Waals surface area contributed by atoms with Crippen LogP contribution in [0.1, 0.15) is 25.0 Å². The summed E-state index contributed by atoms with van der Waals surface area (Å²) in [5, 5.41) is 7.79. The van der Waals surface area contributed by atoms with Gasteiger partial charge in [0, 0.05) is 42.5 Å². The van der Waals surface area contributed by atoms with E-state index in [2.05, 4.69) is 207 Å². The fourth-order valence-corrected chi connectivity index (χ4v) is 10.2. The molecule has 0 aliphatic heterocycles. The molecule has 0 saturated carbocycles. The molecule has 0 atom stereocenters. The highest BCUT2D eigenvalue weighted by molar-refractivity contribution is 7.26. The summed E-state index contributed by atoms with van der Waals surface area (Å²) < 4.78 is 2.69. The summed E-state index contributed by atoms with van der Waals surface area (Å²) in [5.41, 5.74) is 13.6. The van der Waals surface area contributed by atoms with E-state index in [4.69, 9.17) is 0 Å². The Labute approximate surface area is 325 Å². The van der Waals surface area contributed by atoms with E-state index in [1.165, 1.54) is 91.9 Å². The molecule has 9 aromatic carbocycles. The first-order valence-corrected chi connectivity index (χ1v) is 19.9. The molecule has 1 aromatic heterocycles. The minimum absolute atomic E-state index is 0.0891. The summed E-state index contributed by atoms with van der Waals surface area (Å²) in [5.74, 6) is 0. The van der Waals surface area contributed by atoms with Crippen LogP contribution in [0.2, 0.25) is 0 Å². The minimum atomic E-state index is -0.0891. The van der Waals surface area contributed by atoms with Gasteiger partial charge in [-0.3, -0.25) is 0 Å². The molecule has 1 nitrogen and oxygen atoms in total. The van der Waals surface area contributed by atoms with Crippen LogP contribution >= 0.6 is 11.3 Å². The van der Waals surface area contributed by atoms with Gasteiger partial charge in [0.2, 0.25) is 0 Å². The highest BCUT2D eigenvalue weighted by Gasteiger charge is 2.37. The van der Waals surface area contributed by atoms with E-state index in [-0.39, 0.29) is 5.41 Å². The van der Waals surface area contributed by atoms with Gasteiger partial charge in [0.15, 0.2) is 0 Å². The van der Waals surface area contributed by atoms with E-state index in [1.807, 2.05) is 11.3 Å². The molecule has 0 fully saturated rings. The Bertz CT molecular complexity index is 3110. The lowest BCUT2D eigenvalue weighted by atomic mass is 9.82. The van der Waals surface area contributed by atoms with Crippen LogP contribution in [0, 0.1) is 0 Å². The third-order valence-electron chi connectivity index (χ3n) is 11.9. The molecule has 2 heteroatoms. The highest BCUT2D eigenvalue weighted by atomic mass is 32.1. The molecular weight excluding hydrogens is 683 g/mol. The third-order valence-corrected chi connectivity index (χ3v) is 13.1. The standard InChI is InChI=1S/C53H37NS/c1-53(2)47-15-8-7-14-45(47)51-48(53)16-9-17-49(51)54(41-26-20-35(21-27-41)39-19-18-34-10-3-4-12-38(34)32-39)42-28-22-36(23-29-42)40-25-31-50-46(33-40)44-30-24-37-11-5-6-13-43(37)52(44)55-50/h3-33H,1-2H3. The van der Waals surface area contributed by atoms with Crippen molar-refractivity contribution in [3.63, 3.8) is 0 Å². The summed E-state index contributed by atoms with van der Waals surface area (Å²) in [4.78, 5) is 2.45. The highest BCUT2D eigenvalue weighted by Crippen LogP contribution is 2.54. The van der Waals surface area contributed by atoms with E-state index < -0.39 is 0 Å². The minimum Gasteiger partial charge on any atom is -0.310 e. The number of nitrogens with zero attached hydrogens (tertiary/aromatic N) is 1. The van der Waals surface area contributed by atoms with Gasteiger partial charge < -0.3 is 4.90 Å². The fourth-order valence-electron chi connectivity index (χ4n) is 9.01. The maximum absolute atomic E-state index is 2.45. The summed E-state index contributed by atoms with van der Waals surface area (Å²) >= 11 is 1.89. The predicted octanol–water partition coefficient (Wildman–Crippen LogP) is 15.5. The lowest BCUT2D eigenvalue weighted by Gasteiger charge is -2.29. The number of fused-ring (bicyclic) bond motifs is 9. The van der Waals surface area contributed by atoms with E-state index in [1.54, 1.807) is 0 Å².